The van der Waals surface area contributed by atoms with Crippen LogP contribution in [-0.2, 0) is 11.3 Å². The number of rotatable bonds is 7. The number of thioether (sulfide) groups is 1. The number of nitrogens with zero attached hydrogens (tertiary/aromatic N) is 3. The molecule has 0 aliphatic carbocycles. The summed E-state index contributed by atoms with van der Waals surface area (Å²) in [6.45, 7) is 6.62. The average molecular weight is 411 g/mol. The third kappa shape index (κ3) is 4.96. The predicted octanol–water partition coefficient (Wildman–Crippen LogP) is 3.08. The fraction of sp³-hybridized carbons (Fsp3) is 0.579. The van der Waals surface area contributed by atoms with E-state index in [1.54, 1.807) is 6.07 Å². The summed E-state index contributed by atoms with van der Waals surface area (Å²) in [5, 5.41) is 4.06. The van der Waals surface area contributed by atoms with Gasteiger partial charge in [-0.2, -0.15) is 11.8 Å². The van der Waals surface area contributed by atoms with E-state index < -0.39 is 0 Å². The third-order valence-electron chi connectivity index (χ3n) is 4.59. The summed E-state index contributed by atoms with van der Waals surface area (Å²) in [6, 6.07) is 3.65. The van der Waals surface area contributed by atoms with Crippen molar-refractivity contribution in [3.05, 3.63) is 34.7 Å². The molecule has 27 heavy (non-hydrogen) atoms. The molecule has 6 nitrogen and oxygen atoms in total. The molecule has 148 valence electrons. The minimum atomic E-state index is -0.0438. The lowest BCUT2D eigenvalue weighted by Crippen LogP contribution is -2.48. The van der Waals surface area contributed by atoms with Gasteiger partial charge in [0.1, 0.15) is 5.65 Å². The van der Waals surface area contributed by atoms with Gasteiger partial charge in [0.05, 0.1) is 22.9 Å². The van der Waals surface area contributed by atoms with Gasteiger partial charge in [-0.1, -0.05) is 11.6 Å². The van der Waals surface area contributed by atoms with Crippen LogP contribution in [0.2, 0.25) is 5.02 Å². The van der Waals surface area contributed by atoms with Crippen LogP contribution < -0.4 is 5.32 Å². The topological polar surface area (TPSA) is 58.9 Å². The van der Waals surface area contributed by atoms with Crippen LogP contribution in [0.3, 0.4) is 0 Å². The Morgan fingerprint density at radius 3 is 2.81 bits per heavy atom. The highest BCUT2D eigenvalue weighted by Gasteiger charge is 2.30. The number of aromatic nitrogens is 2. The Labute approximate surface area is 169 Å². The monoisotopic (exact) mass is 410 g/mol. The van der Waals surface area contributed by atoms with Gasteiger partial charge in [0.25, 0.3) is 5.91 Å². The van der Waals surface area contributed by atoms with Crippen molar-refractivity contribution in [1.82, 2.24) is 19.6 Å². The molecule has 0 aromatic carbocycles. The first-order valence-electron chi connectivity index (χ1n) is 9.30. The first kappa shape index (κ1) is 20.5. The number of nitrogens with one attached hydrogen (secondary N) is 1. The molecule has 1 amide bonds. The number of amides is 1. The molecule has 8 heteroatoms. The van der Waals surface area contributed by atoms with Crippen LogP contribution in [0.15, 0.2) is 18.3 Å². The molecule has 2 aromatic rings. The molecule has 0 saturated carbocycles. The molecule has 0 spiro atoms. The molecule has 2 atom stereocenters. The van der Waals surface area contributed by atoms with Crippen molar-refractivity contribution >= 4 is 34.9 Å². The van der Waals surface area contributed by atoms with Crippen molar-refractivity contribution in [2.75, 3.05) is 31.6 Å². The number of hydrogen-bond acceptors (Lipinski definition) is 5. The summed E-state index contributed by atoms with van der Waals surface area (Å²) in [5.74, 6) is 1.07. The third-order valence-corrected chi connectivity index (χ3v) is 5.51. The van der Waals surface area contributed by atoms with Crippen LogP contribution in [0.4, 0.5) is 0 Å². The van der Waals surface area contributed by atoms with Crippen molar-refractivity contribution in [3.8, 4) is 0 Å². The van der Waals surface area contributed by atoms with E-state index in [2.05, 4.69) is 16.6 Å². The largest absolute Gasteiger partial charge is 0.372 e. The first-order valence-corrected chi connectivity index (χ1v) is 11.1. The highest BCUT2D eigenvalue weighted by molar-refractivity contribution is 7.98. The van der Waals surface area contributed by atoms with Crippen LogP contribution in [0, 0.1) is 0 Å². The van der Waals surface area contributed by atoms with Crippen LogP contribution in [0.5, 0.6) is 0 Å². The zero-order valence-electron chi connectivity index (χ0n) is 16.1. The van der Waals surface area contributed by atoms with Crippen LogP contribution >= 0.6 is 23.4 Å². The molecule has 0 bridgehead atoms. The molecule has 1 saturated heterocycles. The van der Waals surface area contributed by atoms with Gasteiger partial charge in [0.2, 0.25) is 0 Å². The maximum atomic E-state index is 13.2. The number of hydrogen-bond donors (Lipinski definition) is 1. The lowest BCUT2D eigenvalue weighted by Gasteiger charge is -2.35. The first-order chi connectivity index (χ1) is 13.0. The fourth-order valence-electron chi connectivity index (χ4n) is 3.45. The number of carbonyl (C=O) groups is 1. The highest BCUT2D eigenvalue weighted by Crippen LogP contribution is 2.20. The number of carbonyl (C=O) groups excluding carboxylic acids is 1. The summed E-state index contributed by atoms with van der Waals surface area (Å²) in [5.41, 5.74) is 2.09. The second-order valence-electron chi connectivity index (χ2n) is 6.97. The van der Waals surface area contributed by atoms with E-state index in [-0.39, 0.29) is 18.1 Å². The maximum absolute atomic E-state index is 13.2. The average Bonchev–Trinajstić information content (AvgIpc) is 2.98. The van der Waals surface area contributed by atoms with Crippen LogP contribution in [0.1, 0.15) is 36.5 Å². The Bertz CT molecular complexity index is 787. The second kappa shape index (κ2) is 9.28. The molecule has 1 N–H and O–H groups in total. The number of morpholine rings is 1. The molecule has 3 heterocycles. The molecule has 1 aliphatic rings. The zero-order chi connectivity index (χ0) is 19.4. The SMILES string of the molecule is CSCCCNCc1c(C(=O)N2C[C@@H](C)O[C@@H](C)C2)nc2ccc(Cl)cn12. The zero-order valence-corrected chi connectivity index (χ0v) is 17.6. The van der Waals surface area contributed by atoms with E-state index in [0.29, 0.717) is 30.4 Å². The molecule has 3 rings (SSSR count). The van der Waals surface area contributed by atoms with Gasteiger partial charge >= 0.3 is 0 Å². The molecule has 2 aromatic heterocycles. The smallest absolute Gasteiger partial charge is 0.274 e. The Hall–Kier alpha value is -1.28. The number of fused-ring (bicyclic) bond motifs is 1. The van der Waals surface area contributed by atoms with Gasteiger partial charge in [0, 0.05) is 25.8 Å². The lowest BCUT2D eigenvalue weighted by molar-refractivity contribution is -0.0587. The van der Waals surface area contributed by atoms with E-state index in [1.165, 1.54) is 0 Å². The fourth-order valence-corrected chi connectivity index (χ4v) is 4.04. The van der Waals surface area contributed by atoms with Gasteiger partial charge in [-0.3, -0.25) is 4.79 Å². The minimum Gasteiger partial charge on any atom is -0.372 e. The molecule has 1 aliphatic heterocycles. The van der Waals surface area contributed by atoms with E-state index in [0.717, 1.165) is 30.1 Å². The minimum absolute atomic E-state index is 0.0253. The summed E-state index contributed by atoms with van der Waals surface area (Å²) >= 11 is 8.02. The Kier molecular flexibility index (Phi) is 7.03. The predicted molar refractivity (Wildman–Crippen MR) is 111 cm³/mol. The number of pyridine rings is 1. The van der Waals surface area contributed by atoms with Gasteiger partial charge in [-0.15, -0.1) is 0 Å². The van der Waals surface area contributed by atoms with Crippen molar-refractivity contribution in [2.24, 2.45) is 0 Å². The Morgan fingerprint density at radius 1 is 1.37 bits per heavy atom. The van der Waals surface area contributed by atoms with Crippen LogP contribution in [-0.4, -0.2) is 64.0 Å². The van der Waals surface area contributed by atoms with Gasteiger partial charge in [0.15, 0.2) is 5.69 Å². The van der Waals surface area contributed by atoms with Crippen molar-refractivity contribution < 1.29 is 9.53 Å². The Morgan fingerprint density at radius 2 is 2.11 bits per heavy atom. The normalized spacial score (nSPS) is 20.4. The summed E-state index contributed by atoms with van der Waals surface area (Å²) in [6.07, 6.45) is 5.06. The maximum Gasteiger partial charge on any atom is 0.274 e. The van der Waals surface area contributed by atoms with Gasteiger partial charge < -0.3 is 19.4 Å². The molecular formula is C19H27ClN4O2S. The van der Waals surface area contributed by atoms with Crippen molar-refractivity contribution in [1.29, 1.82) is 0 Å². The summed E-state index contributed by atoms with van der Waals surface area (Å²) in [7, 11) is 0. The molecule has 0 unspecified atom stereocenters. The van der Waals surface area contributed by atoms with E-state index in [4.69, 9.17) is 16.3 Å². The van der Waals surface area contributed by atoms with E-state index >= 15 is 0 Å². The number of imidazole rings is 1. The van der Waals surface area contributed by atoms with Crippen molar-refractivity contribution in [2.45, 2.75) is 39.0 Å². The molecule has 0 radical (unpaired) electrons. The van der Waals surface area contributed by atoms with E-state index in [9.17, 15) is 4.79 Å². The summed E-state index contributed by atoms with van der Waals surface area (Å²) in [4.78, 5) is 19.7. The molecular weight excluding hydrogens is 384 g/mol. The standard InChI is InChI=1S/C19H27ClN4O2S/c1-13-10-23(11-14(2)26-13)19(25)18-16(9-21-7-4-8-27-3)24-12-15(20)5-6-17(24)22-18/h5-6,12-14,21H,4,7-11H2,1-3H3/t13-,14+. The Balaban J connectivity index is 1.86. The molecule has 1 fully saturated rings. The van der Waals surface area contributed by atoms with E-state index in [1.807, 2.05) is 47.2 Å². The number of halogens is 1. The number of ether oxygens (including phenoxy) is 1. The second-order valence-corrected chi connectivity index (χ2v) is 8.40. The lowest BCUT2D eigenvalue weighted by atomic mass is 10.2. The van der Waals surface area contributed by atoms with Gasteiger partial charge in [-0.05, 0) is 51.0 Å². The quantitative estimate of drug-likeness (QED) is 0.711. The van der Waals surface area contributed by atoms with Crippen molar-refractivity contribution in [3.63, 3.8) is 0 Å². The highest BCUT2D eigenvalue weighted by atomic mass is 35.5. The van der Waals surface area contributed by atoms with Gasteiger partial charge in [-0.25, -0.2) is 4.98 Å². The van der Waals surface area contributed by atoms with Crippen LogP contribution in [0.25, 0.3) is 5.65 Å². The summed E-state index contributed by atoms with van der Waals surface area (Å²) < 4.78 is 7.68.